The molecule has 0 saturated heterocycles. The van der Waals surface area contributed by atoms with Crippen LogP contribution in [-0.4, -0.2) is 34.1 Å². The summed E-state index contributed by atoms with van der Waals surface area (Å²) in [5, 5.41) is 14.9. The highest BCUT2D eigenvalue weighted by Crippen LogP contribution is 2.33. The number of aromatic nitrogens is 2. The summed E-state index contributed by atoms with van der Waals surface area (Å²) >= 11 is 12.3. The lowest BCUT2D eigenvalue weighted by atomic mass is 10.1. The van der Waals surface area contributed by atoms with E-state index in [0.29, 0.717) is 39.2 Å². The van der Waals surface area contributed by atoms with Gasteiger partial charge < -0.3 is 15.6 Å². The number of benzene rings is 2. The molecule has 6 nitrogen and oxygen atoms in total. The van der Waals surface area contributed by atoms with Gasteiger partial charge in [-0.15, -0.1) is 0 Å². The Morgan fingerprint density at radius 1 is 1.21 bits per heavy atom. The Labute approximate surface area is 176 Å². The van der Waals surface area contributed by atoms with Gasteiger partial charge in [-0.2, -0.15) is 5.10 Å². The third kappa shape index (κ3) is 4.53. The van der Waals surface area contributed by atoms with Crippen molar-refractivity contribution in [1.82, 2.24) is 9.78 Å². The molecule has 0 saturated carbocycles. The van der Waals surface area contributed by atoms with Crippen molar-refractivity contribution in [2.24, 2.45) is 5.73 Å². The molecule has 3 N–H and O–H groups in total. The summed E-state index contributed by atoms with van der Waals surface area (Å²) < 4.78 is 19.1. The summed E-state index contributed by atoms with van der Waals surface area (Å²) in [4.78, 5) is 11.9. The van der Waals surface area contributed by atoms with Gasteiger partial charge in [-0.25, -0.2) is 4.68 Å². The molecule has 0 aliphatic heterocycles. The fourth-order valence-corrected chi connectivity index (χ4v) is 3.36. The third-order valence-corrected chi connectivity index (χ3v) is 4.73. The molecule has 0 radical (unpaired) electrons. The van der Waals surface area contributed by atoms with Crippen LogP contribution in [0.3, 0.4) is 0 Å². The first-order chi connectivity index (χ1) is 14.0. The van der Waals surface area contributed by atoms with Gasteiger partial charge in [0.1, 0.15) is 5.75 Å². The first kappa shape index (κ1) is 21.1. The van der Waals surface area contributed by atoms with Crippen LogP contribution in [0.2, 0.25) is 10.0 Å². The second kappa shape index (κ2) is 9.26. The zero-order valence-electron chi connectivity index (χ0n) is 15.2. The van der Waals surface area contributed by atoms with Crippen molar-refractivity contribution in [1.29, 1.82) is 0 Å². The fraction of sp³-hybridized carbons (Fsp3) is 0.200. The second-order valence-electron chi connectivity index (χ2n) is 6.12. The van der Waals surface area contributed by atoms with Crippen LogP contribution in [0.5, 0.6) is 5.75 Å². The SMILES string of the molecule is NC(=O)c1nn(-c2ccc(Cl)cc2Cl)c(-c2ccc(OCCCF)cc2)c1CO. The van der Waals surface area contributed by atoms with Crippen LogP contribution in [0.15, 0.2) is 42.5 Å². The zero-order chi connectivity index (χ0) is 21.0. The molecule has 3 rings (SSSR count). The van der Waals surface area contributed by atoms with Gasteiger partial charge in [0.15, 0.2) is 5.69 Å². The van der Waals surface area contributed by atoms with Crippen LogP contribution >= 0.6 is 23.2 Å². The molecule has 1 amide bonds. The number of carbonyl (C=O) groups excluding carboxylic acids is 1. The number of rotatable bonds is 8. The molecular weight excluding hydrogens is 420 g/mol. The minimum Gasteiger partial charge on any atom is -0.493 e. The maximum atomic E-state index is 12.2. The van der Waals surface area contributed by atoms with E-state index in [1.807, 2.05) is 0 Å². The Morgan fingerprint density at radius 2 is 1.93 bits per heavy atom. The van der Waals surface area contributed by atoms with E-state index in [-0.39, 0.29) is 17.9 Å². The van der Waals surface area contributed by atoms with E-state index in [0.717, 1.165) is 0 Å². The number of hydrogen-bond acceptors (Lipinski definition) is 4. The molecule has 9 heteroatoms. The highest BCUT2D eigenvalue weighted by Gasteiger charge is 2.24. The lowest BCUT2D eigenvalue weighted by Crippen LogP contribution is -2.14. The Bertz CT molecular complexity index is 1020. The molecule has 1 heterocycles. The van der Waals surface area contributed by atoms with E-state index < -0.39 is 19.2 Å². The van der Waals surface area contributed by atoms with Crippen molar-refractivity contribution in [3.63, 3.8) is 0 Å². The number of nitrogens with zero attached hydrogens (tertiary/aromatic N) is 2. The number of nitrogens with two attached hydrogens (primary N) is 1. The van der Waals surface area contributed by atoms with E-state index in [4.69, 9.17) is 33.7 Å². The van der Waals surface area contributed by atoms with Gasteiger partial charge >= 0.3 is 0 Å². The summed E-state index contributed by atoms with van der Waals surface area (Å²) in [6.45, 7) is -0.635. The number of ether oxygens (including phenoxy) is 1. The number of primary amides is 1. The average molecular weight is 438 g/mol. The van der Waals surface area contributed by atoms with Crippen molar-refractivity contribution >= 4 is 29.1 Å². The summed E-state index contributed by atoms with van der Waals surface area (Å²) in [6.07, 6.45) is 0.306. The van der Waals surface area contributed by atoms with Crippen molar-refractivity contribution in [2.45, 2.75) is 13.0 Å². The van der Waals surface area contributed by atoms with Gasteiger partial charge in [-0.1, -0.05) is 23.2 Å². The van der Waals surface area contributed by atoms with Crippen LogP contribution in [-0.2, 0) is 6.61 Å². The standard InChI is InChI=1S/C20H18Cl2FN3O3/c21-13-4-7-17(16(22)10-13)26-19(15(11-27)18(25-26)20(24)28)12-2-5-14(6-3-12)29-9-1-8-23/h2-7,10,27H,1,8-9,11H2,(H2,24,28). The number of hydrogen-bond donors (Lipinski definition) is 2. The average Bonchev–Trinajstić information content (AvgIpc) is 3.08. The molecule has 0 aliphatic carbocycles. The van der Waals surface area contributed by atoms with Gasteiger partial charge in [-0.05, 0) is 42.5 Å². The summed E-state index contributed by atoms with van der Waals surface area (Å²) in [7, 11) is 0. The Morgan fingerprint density at radius 3 is 2.52 bits per heavy atom. The molecule has 2 aromatic carbocycles. The number of carbonyl (C=O) groups is 1. The smallest absolute Gasteiger partial charge is 0.269 e. The summed E-state index contributed by atoms with van der Waals surface area (Å²) in [5.41, 5.74) is 7.25. The molecule has 0 unspecified atom stereocenters. The first-order valence-corrected chi connectivity index (χ1v) is 9.49. The number of alkyl halides is 1. The normalized spacial score (nSPS) is 10.9. The number of halogens is 3. The number of aliphatic hydroxyl groups excluding tert-OH is 1. The Kier molecular flexibility index (Phi) is 6.74. The molecule has 29 heavy (non-hydrogen) atoms. The van der Waals surface area contributed by atoms with E-state index in [2.05, 4.69) is 5.10 Å². The molecule has 0 spiro atoms. The number of amides is 1. The highest BCUT2D eigenvalue weighted by atomic mass is 35.5. The molecule has 0 aliphatic rings. The van der Waals surface area contributed by atoms with Crippen molar-refractivity contribution in [3.8, 4) is 22.7 Å². The van der Waals surface area contributed by atoms with Crippen LogP contribution < -0.4 is 10.5 Å². The van der Waals surface area contributed by atoms with Gasteiger partial charge in [0.25, 0.3) is 5.91 Å². The van der Waals surface area contributed by atoms with E-state index in [9.17, 15) is 14.3 Å². The van der Waals surface area contributed by atoms with Crippen LogP contribution in [0.4, 0.5) is 4.39 Å². The molecule has 3 aromatic rings. The lowest BCUT2D eigenvalue weighted by molar-refractivity contribution is 0.0992. The summed E-state index contributed by atoms with van der Waals surface area (Å²) in [6, 6.07) is 11.7. The third-order valence-electron chi connectivity index (χ3n) is 4.19. The molecule has 0 fully saturated rings. The van der Waals surface area contributed by atoms with Crippen molar-refractivity contribution < 1.29 is 19.0 Å². The fourth-order valence-electron chi connectivity index (χ4n) is 2.88. The molecule has 0 atom stereocenters. The first-order valence-electron chi connectivity index (χ1n) is 8.73. The second-order valence-corrected chi connectivity index (χ2v) is 6.96. The van der Waals surface area contributed by atoms with E-state index >= 15 is 0 Å². The molecule has 152 valence electrons. The highest BCUT2D eigenvalue weighted by molar-refractivity contribution is 6.35. The van der Waals surface area contributed by atoms with Crippen LogP contribution in [0.1, 0.15) is 22.5 Å². The predicted molar refractivity (Wildman–Crippen MR) is 110 cm³/mol. The largest absolute Gasteiger partial charge is 0.493 e. The van der Waals surface area contributed by atoms with Gasteiger partial charge in [0, 0.05) is 22.6 Å². The molecular formula is C20H18Cl2FN3O3. The maximum absolute atomic E-state index is 12.2. The Balaban J connectivity index is 2.12. The Hall–Kier alpha value is -2.61. The van der Waals surface area contributed by atoms with E-state index in [1.165, 1.54) is 4.68 Å². The van der Waals surface area contributed by atoms with E-state index in [1.54, 1.807) is 42.5 Å². The lowest BCUT2D eigenvalue weighted by Gasteiger charge is -2.12. The van der Waals surface area contributed by atoms with Gasteiger partial charge in [0.2, 0.25) is 0 Å². The van der Waals surface area contributed by atoms with Crippen molar-refractivity contribution in [2.75, 3.05) is 13.3 Å². The topological polar surface area (TPSA) is 90.4 Å². The van der Waals surface area contributed by atoms with Crippen LogP contribution in [0, 0.1) is 0 Å². The van der Waals surface area contributed by atoms with Crippen LogP contribution in [0.25, 0.3) is 16.9 Å². The van der Waals surface area contributed by atoms with Gasteiger partial charge in [0.05, 0.1) is 36.3 Å². The maximum Gasteiger partial charge on any atom is 0.269 e. The van der Waals surface area contributed by atoms with Gasteiger partial charge in [-0.3, -0.25) is 9.18 Å². The minimum atomic E-state index is -0.773. The zero-order valence-corrected chi connectivity index (χ0v) is 16.8. The number of aliphatic hydroxyl groups is 1. The minimum absolute atomic E-state index is 0.0585. The monoisotopic (exact) mass is 437 g/mol. The summed E-state index contributed by atoms with van der Waals surface area (Å²) in [5.74, 6) is -0.205. The molecule has 1 aromatic heterocycles. The molecule has 0 bridgehead atoms. The quantitative estimate of drug-likeness (QED) is 0.517. The predicted octanol–water partition coefficient (Wildman–Crippen LogP) is 4.18. The van der Waals surface area contributed by atoms with Crippen molar-refractivity contribution in [3.05, 3.63) is 63.8 Å².